The van der Waals surface area contributed by atoms with Gasteiger partial charge in [-0.25, -0.2) is 0 Å². The Labute approximate surface area is 184 Å². The molecule has 1 unspecified atom stereocenters. The van der Waals surface area contributed by atoms with Crippen molar-refractivity contribution in [1.29, 1.82) is 0 Å². The van der Waals surface area contributed by atoms with Crippen LogP contribution in [-0.4, -0.2) is 44.2 Å². The van der Waals surface area contributed by atoms with E-state index >= 15 is 0 Å². The van der Waals surface area contributed by atoms with Crippen molar-refractivity contribution < 1.29 is 14.3 Å². The van der Waals surface area contributed by atoms with Crippen molar-refractivity contribution in [2.75, 3.05) is 27.3 Å². The number of hydrogen-bond acceptors (Lipinski definition) is 4. The van der Waals surface area contributed by atoms with Crippen LogP contribution in [0.15, 0.2) is 60.7 Å². The monoisotopic (exact) mass is 418 g/mol. The molecular weight excluding hydrogens is 388 g/mol. The Bertz CT molecular complexity index is 1050. The highest BCUT2D eigenvalue weighted by atomic mass is 16.5. The third-order valence-electron chi connectivity index (χ3n) is 6.05. The molecule has 0 aliphatic carbocycles. The highest BCUT2D eigenvalue weighted by Crippen LogP contribution is 2.24. The highest BCUT2D eigenvalue weighted by molar-refractivity contribution is 5.98. The molecule has 3 aromatic carbocycles. The largest absolute Gasteiger partial charge is 0.497 e. The van der Waals surface area contributed by atoms with Crippen LogP contribution in [0.3, 0.4) is 0 Å². The summed E-state index contributed by atoms with van der Waals surface area (Å²) in [5, 5.41) is 5.07. The smallest absolute Gasteiger partial charge is 0.251 e. The molecule has 0 saturated carbocycles. The minimum atomic E-state index is -0.0919. The second-order valence-corrected chi connectivity index (χ2v) is 8.17. The molecule has 1 aliphatic rings. The molecule has 1 saturated heterocycles. The molecule has 0 radical (unpaired) electrons. The molecule has 0 bridgehead atoms. The van der Waals surface area contributed by atoms with Crippen LogP contribution in [0.5, 0.6) is 11.5 Å². The third kappa shape index (κ3) is 5.36. The van der Waals surface area contributed by atoms with Crippen molar-refractivity contribution in [2.45, 2.75) is 31.8 Å². The second kappa shape index (κ2) is 9.84. The summed E-state index contributed by atoms with van der Waals surface area (Å²) < 4.78 is 11.2. The normalized spacial score (nSPS) is 16.4. The Balaban J connectivity index is 1.35. The molecule has 1 N–H and O–H groups in total. The summed E-state index contributed by atoms with van der Waals surface area (Å²) in [6, 6.07) is 20.2. The van der Waals surface area contributed by atoms with Gasteiger partial charge in [-0.15, -0.1) is 0 Å². The number of nitrogens with one attached hydrogen (secondary N) is 1. The van der Waals surface area contributed by atoms with Gasteiger partial charge < -0.3 is 19.7 Å². The van der Waals surface area contributed by atoms with Crippen LogP contribution in [0.4, 0.5) is 0 Å². The van der Waals surface area contributed by atoms with E-state index in [0.717, 1.165) is 40.9 Å². The SMILES string of the molecule is COc1cccc(CNC(=O)c2ccc3cc(OCCC4CCCN4C)ccc3c2)c1. The van der Waals surface area contributed by atoms with E-state index in [0.29, 0.717) is 18.2 Å². The lowest BCUT2D eigenvalue weighted by atomic mass is 10.1. The van der Waals surface area contributed by atoms with Gasteiger partial charge in [-0.05, 0) is 85.6 Å². The van der Waals surface area contributed by atoms with E-state index < -0.39 is 0 Å². The molecule has 3 aromatic rings. The topological polar surface area (TPSA) is 50.8 Å². The Morgan fingerprint density at radius 3 is 2.71 bits per heavy atom. The highest BCUT2D eigenvalue weighted by Gasteiger charge is 2.20. The molecule has 31 heavy (non-hydrogen) atoms. The van der Waals surface area contributed by atoms with Gasteiger partial charge in [-0.3, -0.25) is 4.79 Å². The van der Waals surface area contributed by atoms with Crippen LogP contribution in [-0.2, 0) is 6.54 Å². The van der Waals surface area contributed by atoms with Crippen molar-refractivity contribution >= 4 is 16.7 Å². The van der Waals surface area contributed by atoms with Gasteiger partial charge in [-0.1, -0.05) is 24.3 Å². The van der Waals surface area contributed by atoms with E-state index in [-0.39, 0.29) is 5.91 Å². The first-order valence-electron chi connectivity index (χ1n) is 10.9. The molecule has 4 rings (SSSR count). The van der Waals surface area contributed by atoms with Crippen LogP contribution in [0.2, 0.25) is 0 Å². The van der Waals surface area contributed by atoms with Crippen LogP contribution < -0.4 is 14.8 Å². The Morgan fingerprint density at radius 2 is 1.90 bits per heavy atom. The van der Waals surface area contributed by atoms with Gasteiger partial charge in [0.25, 0.3) is 5.91 Å². The van der Waals surface area contributed by atoms with Gasteiger partial charge >= 0.3 is 0 Å². The van der Waals surface area contributed by atoms with Gasteiger partial charge in [0.1, 0.15) is 11.5 Å². The fraction of sp³-hybridized carbons (Fsp3) is 0.346. The molecule has 1 fully saturated rings. The minimum Gasteiger partial charge on any atom is -0.497 e. The number of nitrogens with zero attached hydrogens (tertiary/aromatic N) is 1. The zero-order valence-corrected chi connectivity index (χ0v) is 18.3. The number of carbonyl (C=O) groups is 1. The molecule has 1 heterocycles. The number of amides is 1. The van der Waals surface area contributed by atoms with E-state index in [1.807, 2.05) is 60.7 Å². The summed E-state index contributed by atoms with van der Waals surface area (Å²) in [4.78, 5) is 15.0. The zero-order chi connectivity index (χ0) is 21.6. The number of hydrogen-bond donors (Lipinski definition) is 1. The van der Waals surface area contributed by atoms with Gasteiger partial charge in [0.05, 0.1) is 13.7 Å². The summed E-state index contributed by atoms with van der Waals surface area (Å²) in [6.07, 6.45) is 3.60. The molecule has 0 aromatic heterocycles. The Morgan fingerprint density at radius 1 is 1.06 bits per heavy atom. The molecule has 5 nitrogen and oxygen atoms in total. The van der Waals surface area contributed by atoms with Gasteiger partial charge in [0.15, 0.2) is 0 Å². The number of ether oxygens (including phenoxy) is 2. The van der Waals surface area contributed by atoms with Crippen LogP contribution in [0, 0.1) is 0 Å². The maximum atomic E-state index is 12.6. The van der Waals surface area contributed by atoms with E-state index in [9.17, 15) is 4.79 Å². The first-order chi connectivity index (χ1) is 15.1. The van der Waals surface area contributed by atoms with Crippen LogP contribution >= 0.6 is 0 Å². The van der Waals surface area contributed by atoms with E-state index in [1.54, 1.807) is 7.11 Å². The van der Waals surface area contributed by atoms with Crippen molar-refractivity contribution in [1.82, 2.24) is 10.2 Å². The van der Waals surface area contributed by atoms with Crippen molar-refractivity contribution in [3.05, 3.63) is 71.8 Å². The summed E-state index contributed by atoms with van der Waals surface area (Å²) in [5.41, 5.74) is 1.65. The molecule has 5 heteroatoms. The zero-order valence-electron chi connectivity index (χ0n) is 18.3. The molecule has 1 amide bonds. The minimum absolute atomic E-state index is 0.0919. The predicted molar refractivity (Wildman–Crippen MR) is 124 cm³/mol. The standard InChI is InChI=1S/C26H30N2O3/c1-28-13-4-6-23(28)12-14-31-25-11-10-20-16-22(9-8-21(20)17-25)26(29)27-18-19-5-3-7-24(15-19)30-2/h3,5,7-11,15-17,23H,4,6,12-14,18H2,1-2H3,(H,27,29). The number of fused-ring (bicyclic) bond motifs is 1. The summed E-state index contributed by atoms with van der Waals surface area (Å²) in [7, 11) is 3.83. The maximum Gasteiger partial charge on any atom is 0.251 e. The van der Waals surface area contributed by atoms with E-state index in [1.165, 1.54) is 19.4 Å². The second-order valence-electron chi connectivity index (χ2n) is 8.17. The van der Waals surface area contributed by atoms with Gasteiger partial charge in [-0.2, -0.15) is 0 Å². The Hall–Kier alpha value is -3.05. The lowest BCUT2D eigenvalue weighted by Gasteiger charge is -2.19. The predicted octanol–water partition coefficient (Wildman–Crippen LogP) is 4.64. The number of benzene rings is 3. The summed E-state index contributed by atoms with van der Waals surface area (Å²) in [5.74, 6) is 1.57. The van der Waals surface area contributed by atoms with Gasteiger partial charge in [0, 0.05) is 18.2 Å². The number of carbonyl (C=O) groups excluding carboxylic acids is 1. The first kappa shape index (κ1) is 21.2. The molecule has 1 aliphatic heterocycles. The molecular formula is C26H30N2O3. The third-order valence-corrected chi connectivity index (χ3v) is 6.05. The molecule has 1 atom stereocenters. The van der Waals surface area contributed by atoms with Gasteiger partial charge in [0.2, 0.25) is 0 Å². The summed E-state index contributed by atoms with van der Waals surface area (Å²) in [6.45, 7) is 2.37. The maximum absolute atomic E-state index is 12.6. The van der Waals surface area contributed by atoms with Crippen LogP contribution in [0.25, 0.3) is 10.8 Å². The fourth-order valence-corrected chi connectivity index (χ4v) is 4.18. The Kier molecular flexibility index (Phi) is 6.73. The lowest BCUT2D eigenvalue weighted by molar-refractivity contribution is 0.0951. The van der Waals surface area contributed by atoms with E-state index in [2.05, 4.69) is 17.3 Å². The number of methoxy groups -OCH3 is 1. The van der Waals surface area contributed by atoms with Crippen molar-refractivity contribution in [3.8, 4) is 11.5 Å². The average molecular weight is 419 g/mol. The summed E-state index contributed by atoms with van der Waals surface area (Å²) >= 11 is 0. The van der Waals surface area contributed by atoms with Crippen molar-refractivity contribution in [2.24, 2.45) is 0 Å². The average Bonchev–Trinajstić information content (AvgIpc) is 3.21. The van der Waals surface area contributed by atoms with Crippen molar-refractivity contribution in [3.63, 3.8) is 0 Å². The number of likely N-dealkylation sites (tertiary alicyclic amines) is 1. The molecule has 0 spiro atoms. The number of rotatable bonds is 8. The quantitative estimate of drug-likeness (QED) is 0.579. The fourth-order valence-electron chi connectivity index (χ4n) is 4.18. The van der Waals surface area contributed by atoms with E-state index in [4.69, 9.17) is 9.47 Å². The van der Waals surface area contributed by atoms with Crippen LogP contribution in [0.1, 0.15) is 35.2 Å². The first-order valence-corrected chi connectivity index (χ1v) is 10.9. The lowest BCUT2D eigenvalue weighted by Crippen LogP contribution is -2.26. The molecule has 162 valence electrons.